The quantitative estimate of drug-likeness (QED) is 0.375. The number of benzene rings is 1. The Morgan fingerprint density at radius 3 is 1.86 bits per heavy atom. The lowest BCUT2D eigenvalue weighted by molar-refractivity contribution is 0.112. The Morgan fingerprint density at radius 2 is 1.64 bits per heavy atom. The number of hydrogen-bond acceptors (Lipinski definition) is 4. The van der Waals surface area contributed by atoms with E-state index in [0.29, 0.717) is 0 Å². The van der Waals surface area contributed by atoms with Crippen LogP contribution in [0.25, 0.3) is 0 Å². The number of nitrogens with one attached hydrogen (secondary N) is 1. The Morgan fingerprint density at radius 1 is 1.21 bits per heavy atom. The number of halogens is 2. The van der Waals surface area contributed by atoms with Crippen molar-refractivity contribution >= 4 is 40.2 Å². The molecule has 1 aromatic carbocycles. The second-order valence-corrected chi connectivity index (χ2v) is 1.75. The summed E-state index contributed by atoms with van der Waals surface area (Å²) in [4.78, 5) is 18.7. The maximum absolute atomic E-state index is 10.0. The summed E-state index contributed by atoms with van der Waals surface area (Å²) in [6.07, 6.45) is 0.833. The number of carbonyl (C=O) groups is 1. The van der Waals surface area contributed by atoms with Gasteiger partial charge in [-0.3, -0.25) is 4.79 Å². The third-order valence-corrected chi connectivity index (χ3v) is 0.988. The molecule has 1 rings (SSSR count). The Balaban J connectivity index is -0.000000180. The van der Waals surface area contributed by atoms with E-state index in [1.165, 1.54) is 5.53 Å². The van der Waals surface area contributed by atoms with Gasteiger partial charge in [-0.05, 0) is 0 Å². The van der Waals surface area contributed by atoms with Crippen molar-refractivity contribution in [3.63, 3.8) is 0 Å². The summed E-state index contributed by atoms with van der Waals surface area (Å²) in [6, 6.07) is 9.10. The highest BCUT2D eigenvalue weighted by atomic mass is 79.9. The van der Waals surface area contributed by atoms with Gasteiger partial charge in [0, 0.05) is 5.56 Å². The van der Waals surface area contributed by atoms with E-state index in [9.17, 15) is 4.79 Å². The molecule has 0 saturated carbocycles. The summed E-state index contributed by atoms with van der Waals surface area (Å²) >= 11 is 0. The van der Waals surface area contributed by atoms with Crippen molar-refractivity contribution < 1.29 is 4.79 Å². The molecule has 80 valence electrons. The number of hydrogen-bond donors (Lipinski definition) is 2. The van der Waals surface area contributed by atoms with Crippen molar-refractivity contribution in [3.05, 3.63) is 40.8 Å². The van der Waals surface area contributed by atoms with Crippen LogP contribution in [0.15, 0.2) is 35.6 Å². The fourth-order valence-corrected chi connectivity index (χ4v) is 0.532. The first kappa shape index (κ1) is 18.9. The first-order chi connectivity index (χ1) is 5.85. The molecule has 1 aromatic rings. The van der Waals surface area contributed by atoms with Crippen molar-refractivity contribution in [1.29, 1.82) is 0 Å². The van der Waals surface area contributed by atoms with E-state index in [0.717, 1.165) is 11.8 Å². The first-order valence-corrected chi connectivity index (χ1v) is 3.13. The van der Waals surface area contributed by atoms with Crippen molar-refractivity contribution in [2.45, 2.75) is 0 Å². The van der Waals surface area contributed by atoms with Gasteiger partial charge in [-0.2, -0.15) is 0 Å². The van der Waals surface area contributed by atoms with Crippen LogP contribution in [0, 0.1) is 4.91 Å². The number of carbonyl (C=O) groups excluding carboxylic acids is 1. The lowest BCUT2D eigenvalue weighted by Crippen LogP contribution is -2.11. The first-order valence-electron chi connectivity index (χ1n) is 3.13. The standard InChI is InChI=1S/C7H6O.2BrH.H3N3O/c8-6-7-4-2-1-3-5-7;;;1-2-3-4/h1-6H;2*1H;(H2,1,3)(H,2,4). The van der Waals surface area contributed by atoms with Gasteiger partial charge < -0.3 is 0 Å². The van der Waals surface area contributed by atoms with Crippen LogP contribution in [0.3, 0.4) is 0 Å². The number of rotatable bonds is 2. The van der Waals surface area contributed by atoms with Gasteiger partial charge in [0.2, 0.25) is 0 Å². The van der Waals surface area contributed by atoms with Crippen LogP contribution in [0.4, 0.5) is 0 Å². The largest absolute Gasteiger partial charge is 0.298 e. The Hall–Kier alpha value is -0.790. The molecule has 0 bridgehead atoms. The average Bonchev–Trinajstić information content (AvgIpc) is 2.19. The molecular formula is C7H11Br2N3O2. The number of nitrogens with zero attached hydrogens (tertiary/aromatic N) is 1. The maximum Gasteiger partial charge on any atom is 0.150 e. The van der Waals surface area contributed by atoms with Gasteiger partial charge in [0.15, 0.2) is 0 Å². The predicted octanol–water partition coefficient (Wildman–Crippen LogP) is 1.79. The van der Waals surface area contributed by atoms with E-state index < -0.39 is 0 Å². The number of nitrogens with two attached hydrogens (primary N) is 1. The van der Waals surface area contributed by atoms with E-state index in [2.05, 4.69) is 5.84 Å². The van der Waals surface area contributed by atoms with Gasteiger partial charge in [0.05, 0.1) is 5.29 Å². The predicted molar refractivity (Wildman–Crippen MR) is 65.6 cm³/mol. The van der Waals surface area contributed by atoms with Gasteiger partial charge in [0.25, 0.3) is 0 Å². The molecule has 0 aliphatic rings. The van der Waals surface area contributed by atoms with Crippen molar-refractivity contribution in [2.75, 3.05) is 0 Å². The van der Waals surface area contributed by atoms with Crippen molar-refractivity contribution in [3.8, 4) is 0 Å². The highest BCUT2D eigenvalue weighted by Gasteiger charge is 1.79. The second-order valence-electron chi connectivity index (χ2n) is 1.75. The zero-order valence-electron chi connectivity index (χ0n) is 7.12. The highest BCUT2D eigenvalue weighted by Crippen LogP contribution is 1.91. The molecule has 0 aromatic heterocycles. The molecule has 3 N–H and O–H groups in total. The van der Waals surface area contributed by atoms with Gasteiger partial charge in [-0.1, -0.05) is 30.3 Å². The van der Waals surface area contributed by atoms with E-state index in [4.69, 9.17) is 4.91 Å². The smallest absolute Gasteiger partial charge is 0.150 e. The van der Waals surface area contributed by atoms with E-state index in [-0.39, 0.29) is 34.0 Å². The third-order valence-electron chi connectivity index (χ3n) is 0.988. The average molecular weight is 329 g/mol. The minimum Gasteiger partial charge on any atom is -0.298 e. The van der Waals surface area contributed by atoms with Crippen LogP contribution in [0.2, 0.25) is 0 Å². The Bertz CT molecular complexity index is 234. The fraction of sp³-hybridized carbons (Fsp3) is 0. The minimum absolute atomic E-state index is 0. The van der Waals surface area contributed by atoms with Crippen LogP contribution in [0.1, 0.15) is 10.4 Å². The van der Waals surface area contributed by atoms with Crippen molar-refractivity contribution in [2.24, 2.45) is 11.1 Å². The van der Waals surface area contributed by atoms with E-state index in [1.54, 1.807) is 12.1 Å². The Labute approximate surface area is 103 Å². The summed E-state index contributed by atoms with van der Waals surface area (Å²) in [5.41, 5.74) is 2.23. The zero-order valence-corrected chi connectivity index (χ0v) is 10.5. The topological polar surface area (TPSA) is 84.5 Å². The zero-order chi connectivity index (χ0) is 9.23. The molecule has 7 heteroatoms. The highest BCUT2D eigenvalue weighted by molar-refractivity contribution is 8.93. The molecule has 0 fully saturated rings. The van der Waals surface area contributed by atoms with Gasteiger partial charge in [0.1, 0.15) is 6.29 Å². The number of aldehydes is 1. The molecular weight excluding hydrogens is 318 g/mol. The summed E-state index contributed by atoms with van der Waals surface area (Å²) in [5, 5.41) is 2.01. The van der Waals surface area contributed by atoms with Crippen LogP contribution in [-0.4, -0.2) is 6.29 Å². The van der Waals surface area contributed by atoms with Crippen molar-refractivity contribution in [1.82, 2.24) is 5.53 Å². The second kappa shape index (κ2) is 14.7. The number of nitroso groups, excluding NO2 is 1. The van der Waals surface area contributed by atoms with Gasteiger partial charge in [-0.15, -0.1) is 38.9 Å². The minimum atomic E-state index is 0. The molecule has 0 spiro atoms. The third kappa shape index (κ3) is 11.2. The molecule has 0 atom stereocenters. The molecule has 0 radical (unpaired) electrons. The number of hydrazine groups is 1. The summed E-state index contributed by atoms with van der Waals surface area (Å²) < 4.78 is 0. The normalized spacial score (nSPS) is 6.36. The lowest BCUT2D eigenvalue weighted by Gasteiger charge is -1.81. The van der Waals surface area contributed by atoms with Gasteiger partial charge >= 0.3 is 0 Å². The monoisotopic (exact) mass is 327 g/mol. The summed E-state index contributed by atoms with van der Waals surface area (Å²) in [7, 11) is 0. The molecule has 0 aliphatic carbocycles. The molecule has 14 heavy (non-hydrogen) atoms. The Kier molecular flexibility index (Phi) is 19.9. The van der Waals surface area contributed by atoms with E-state index >= 15 is 0 Å². The maximum atomic E-state index is 10.0. The van der Waals surface area contributed by atoms with E-state index in [1.807, 2.05) is 23.5 Å². The molecule has 0 aliphatic heterocycles. The molecule has 5 nitrogen and oxygen atoms in total. The van der Waals surface area contributed by atoms with Crippen LogP contribution in [-0.2, 0) is 0 Å². The fourth-order valence-electron chi connectivity index (χ4n) is 0.532. The molecule has 0 amide bonds. The van der Waals surface area contributed by atoms with Crippen LogP contribution >= 0.6 is 34.0 Å². The van der Waals surface area contributed by atoms with Crippen LogP contribution in [0.5, 0.6) is 0 Å². The lowest BCUT2D eigenvalue weighted by atomic mass is 10.2. The molecule has 0 heterocycles. The van der Waals surface area contributed by atoms with Gasteiger partial charge in [-0.25, -0.2) is 11.4 Å². The molecule has 0 saturated heterocycles. The van der Waals surface area contributed by atoms with Crippen LogP contribution < -0.4 is 11.4 Å². The molecule has 0 unspecified atom stereocenters. The summed E-state index contributed by atoms with van der Waals surface area (Å²) in [5.74, 6) is 4.30. The SMILES string of the molecule is Br.Br.NNN=O.O=Cc1ccccc1. The summed E-state index contributed by atoms with van der Waals surface area (Å²) in [6.45, 7) is 0.